The van der Waals surface area contributed by atoms with Crippen molar-refractivity contribution in [1.29, 1.82) is 0 Å². The summed E-state index contributed by atoms with van der Waals surface area (Å²) >= 11 is 0. The molecule has 1 fully saturated rings. The number of aromatic nitrogens is 3. The Morgan fingerprint density at radius 1 is 1.20 bits per heavy atom. The molecule has 128 valence electrons. The summed E-state index contributed by atoms with van der Waals surface area (Å²) in [5, 5.41) is 4.43. The number of likely N-dealkylation sites (tertiary alicyclic amines) is 1. The summed E-state index contributed by atoms with van der Waals surface area (Å²) in [6.45, 7) is 6.89. The van der Waals surface area contributed by atoms with Gasteiger partial charge in [-0.15, -0.1) is 0 Å². The van der Waals surface area contributed by atoms with Crippen molar-refractivity contribution in [2.45, 2.75) is 39.2 Å². The van der Waals surface area contributed by atoms with Crippen LogP contribution in [0.25, 0.3) is 5.65 Å². The van der Waals surface area contributed by atoms with Crippen LogP contribution in [0.3, 0.4) is 0 Å². The summed E-state index contributed by atoms with van der Waals surface area (Å²) in [6.07, 6.45) is 4.52. The second-order valence-electron chi connectivity index (χ2n) is 6.94. The van der Waals surface area contributed by atoms with Crippen molar-refractivity contribution in [2.24, 2.45) is 0 Å². The first-order valence-electron chi connectivity index (χ1n) is 8.72. The van der Waals surface area contributed by atoms with Gasteiger partial charge in [-0.25, -0.2) is 9.50 Å². The van der Waals surface area contributed by atoms with Gasteiger partial charge in [-0.05, 0) is 44.4 Å². The molecular formula is C20H22N4O. The number of nitrogens with zero attached hydrogens (tertiary/aromatic N) is 4. The molecule has 3 heterocycles. The molecule has 25 heavy (non-hydrogen) atoms. The van der Waals surface area contributed by atoms with Crippen molar-refractivity contribution in [2.75, 3.05) is 6.54 Å². The Kier molecular flexibility index (Phi) is 3.79. The van der Waals surface area contributed by atoms with E-state index in [1.807, 2.05) is 24.1 Å². The Balaban J connectivity index is 1.67. The van der Waals surface area contributed by atoms with Crippen LogP contribution in [0.5, 0.6) is 0 Å². The van der Waals surface area contributed by atoms with Gasteiger partial charge in [0.2, 0.25) is 0 Å². The first kappa shape index (κ1) is 15.8. The molecular weight excluding hydrogens is 312 g/mol. The van der Waals surface area contributed by atoms with E-state index in [0.717, 1.165) is 18.7 Å². The minimum Gasteiger partial charge on any atom is -0.335 e. The van der Waals surface area contributed by atoms with Gasteiger partial charge in [0.1, 0.15) is 5.56 Å². The number of benzene rings is 1. The summed E-state index contributed by atoms with van der Waals surface area (Å²) in [5.74, 6) is 0.421. The van der Waals surface area contributed by atoms with Crippen LogP contribution in [0.2, 0.25) is 0 Å². The number of amides is 1. The highest BCUT2D eigenvalue weighted by Gasteiger charge is 2.36. The summed E-state index contributed by atoms with van der Waals surface area (Å²) in [6, 6.07) is 10.5. The average molecular weight is 334 g/mol. The van der Waals surface area contributed by atoms with E-state index >= 15 is 0 Å². The quantitative estimate of drug-likeness (QED) is 0.722. The molecule has 1 aliphatic rings. The molecule has 0 aliphatic carbocycles. The summed E-state index contributed by atoms with van der Waals surface area (Å²) in [5.41, 5.74) is 4.63. The van der Waals surface area contributed by atoms with Gasteiger partial charge in [-0.1, -0.05) is 24.3 Å². The van der Waals surface area contributed by atoms with E-state index in [1.54, 1.807) is 10.7 Å². The third-order valence-corrected chi connectivity index (χ3v) is 5.25. The zero-order chi connectivity index (χ0) is 17.6. The van der Waals surface area contributed by atoms with E-state index < -0.39 is 0 Å². The molecule has 2 atom stereocenters. The molecule has 0 saturated carbocycles. The molecule has 1 amide bonds. The van der Waals surface area contributed by atoms with Gasteiger partial charge in [-0.2, -0.15) is 5.10 Å². The van der Waals surface area contributed by atoms with E-state index in [-0.39, 0.29) is 11.9 Å². The Morgan fingerprint density at radius 2 is 2.00 bits per heavy atom. The van der Waals surface area contributed by atoms with E-state index in [9.17, 15) is 4.79 Å². The van der Waals surface area contributed by atoms with Crippen molar-refractivity contribution in [3.8, 4) is 0 Å². The van der Waals surface area contributed by atoms with Gasteiger partial charge < -0.3 is 4.90 Å². The van der Waals surface area contributed by atoms with Crippen LogP contribution in [0.15, 0.2) is 42.7 Å². The largest absolute Gasteiger partial charge is 0.335 e. The molecule has 4 rings (SSSR count). The molecule has 2 aromatic heterocycles. The van der Waals surface area contributed by atoms with Crippen LogP contribution < -0.4 is 0 Å². The zero-order valence-corrected chi connectivity index (χ0v) is 14.8. The Labute approximate surface area is 147 Å². The predicted octanol–water partition coefficient (Wildman–Crippen LogP) is 3.36. The van der Waals surface area contributed by atoms with Gasteiger partial charge in [-0.3, -0.25) is 4.79 Å². The maximum Gasteiger partial charge on any atom is 0.259 e. The smallest absolute Gasteiger partial charge is 0.259 e. The van der Waals surface area contributed by atoms with Crippen molar-refractivity contribution >= 4 is 11.6 Å². The molecule has 1 aliphatic heterocycles. The van der Waals surface area contributed by atoms with E-state index in [2.05, 4.69) is 48.2 Å². The monoisotopic (exact) mass is 334 g/mol. The van der Waals surface area contributed by atoms with Crippen molar-refractivity contribution in [1.82, 2.24) is 19.5 Å². The van der Waals surface area contributed by atoms with Crippen LogP contribution in [0.1, 0.15) is 46.4 Å². The minimum atomic E-state index is 0.0368. The minimum absolute atomic E-state index is 0.0368. The maximum atomic E-state index is 13.2. The highest BCUT2D eigenvalue weighted by Crippen LogP contribution is 2.34. The second kappa shape index (κ2) is 5.99. The lowest BCUT2D eigenvalue weighted by Gasteiger charge is -2.21. The molecule has 0 bridgehead atoms. The number of hydrogen-bond acceptors (Lipinski definition) is 3. The molecule has 5 nitrogen and oxygen atoms in total. The van der Waals surface area contributed by atoms with Crippen molar-refractivity contribution < 1.29 is 4.79 Å². The number of aryl methyl sites for hydroxylation is 2. The fourth-order valence-corrected chi connectivity index (χ4v) is 3.97. The average Bonchev–Trinajstić information content (AvgIpc) is 3.14. The topological polar surface area (TPSA) is 50.5 Å². The Morgan fingerprint density at radius 3 is 2.80 bits per heavy atom. The normalized spacial score (nSPS) is 20.4. The molecule has 0 N–H and O–H groups in total. The summed E-state index contributed by atoms with van der Waals surface area (Å²) < 4.78 is 1.68. The standard InChI is InChI=1S/C20H22N4O/c1-13-7-4-5-8-17(13)16-11-14(2)23(12-16)20(25)18-15(3)22-24-10-6-9-21-19(18)24/h4-10,14,16H,11-12H2,1-3H3/t14-,16+/m1/s1. The van der Waals surface area contributed by atoms with E-state index in [1.165, 1.54) is 11.1 Å². The number of hydrogen-bond donors (Lipinski definition) is 0. The Bertz CT molecular complexity index is 946. The molecule has 0 unspecified atom stereocenters. The fourth-order valence-electron chi connectivity index (χ4n) is 3.97. The zero-order valence-electron chi connectivity index (χ0n) is 14.8. The van der Waals surface area contributed by atoms with Crippen LogP contribution in [-0.2, 0) is 0 Å². The fraction of sp³-hybridized carbons (Fsp3) is 0.350. The molecule has 3 aromatic rings. The summed E-state index contributed by atoms with van der Waals surface area (Å²) in [4.78, 5) is 19.6. The first-order valence-corrected chi connectivity index (χ1v) is 8.72. The predicted molar refractivity (Wildman–Crippen MR) is 96.8 cm³/mol. The maximum absolute atomic E-state index is 13.2. The van der Waals surface area contributed by atoms with Gasteiger partial charge in [0.05, 0.1) is 5.69 Å². The summed E-state index contributed by atoms with van der Waals surface area (Å²) in [7, 11) is 0. The highest BCUT2D eigenvalue weighted by atomic mass is 16.2. The Hall–Kier alpha value is -2.69. The third kappa shape index (κ3) is 2.60. The van der Waals surface area contributed by atoms with Crippen LogP contribution in [0.4, 0.5) is 0 Å². The molecule has 5 heteroatoms. The van der Waals surface area contributed by atoms with Crippen LogP contribution in [-0.4, -0.2) is 38.0 Å². The number of carbonyl (C=O) groups is 1. The molecule has 1 aromatic carbocycles. The number of rotatable bonds is 2. The molecule has 0 radical (unpaired) electrons. The van der Waals surface area contributed by atoms with E-state index in [4.69, 9.17) is 0 Å². The van der Waals surface area contributed by atoms with Gasteiger partial charge in [0.25, 0.3) is 5.91 Å². The third-order valence-electron chi connectivity index (χ3n) is 5.25. The highest BCUT2D eigenvalue weighted by molar-refractivity contribution is 6.01. The lowest BCUT2D eigenvalue weighted by molar-refractivity contribution is 0.0747. The van der Waals surface area contributed by atoms with Crippen LogP contribution in [0, 0.1) is 13.8 Å². The second-order valence-corrected chi connectivity index (χ2v) is 6.94. The van der Waals surface area contributed by atoms with Crippen molar-refractivity contribution in [3.63, 3.8) is 0 Å². The lowest BCUT2D eigenvalue weighted by Crippen LogP contribution is -2.34. The first-order chi connectivity index (χ1) is 12.1. The SMILES string of the molecule is Cc1ccccc1[C@H]1C[C@@H](C)N(C(=O)c2c(C)nn3cccnc23)C1. The van der Waals surface area contributed by atoms with Crippen molar-refractivity contribution in [3.05, 3.63) is 65.1 Å². The van der Waals surface area contributed by atoms with E-state index in [0.29, 0.717) is 17.1 Å². The van der Waals surface area contributed by atoms with Gasteiger partial charge >= 0.3 is 0 Å². The lowest BCUT2D eigenvalue weighted by atomic mass is 9.93. The van der Waals surface area contributed by atoms with Crippen LogP contribution >= 0.6 is 0 Å². The number of carbonyl (C=O) groups excluding carboxylic acids is 1. The number of fused-ring (bicyclic) bond motifs is 1. The van der Waals surface area contributed by atoms with Gasteiger partial charge in [0.15, 0.2) is 5.65 Å². The molecule has 0 spiro atoms. The van der Waals surface area contributed by atoms with Gasteiger partial charge in [0, 0.05) is 30.9 Å². The molecule has 1 saturated heterocycles.